The highest BCUT2D eigenvalue weighted by atomic mass is 32.2. The molecule has 0 aromatic heterocycles. The first-order chi connectivity index (χ1) is 10.1. The minimum absolute atomic E-state index is 0.115. The summed E-state index contributed by atoms with van der Waals surface area (Å²) < 4.78 is 26.8. The molecule has 0 aliphatic heterocycles. The Kier molecular flexibility index (Phi) is 6.01. The number of nitro groups is 1. The Morgan fingerprint density at radius 3 is 2.27 bits per heavy atom. The highest BCUT2D eigenvalue weighted by Crippen LogP contribution is 2.17. The molecule has 1 rings (SSSR count). The number of sulfonamides is 1. The number of benzene rings is 1. The molecule has 0 amide bonds. The van der Waals surface area contributed by atoms with E-state index in [1.54, 1.807) is 0 Å². The molecule has 0 spiro atoms. The van der Waals surface area contributed by atoms with Gasteiger partial charge in [0.1, 0.15) is 0 Å². The third-order valence-corrected chi connectivity index (χ3v) is 4.39. The number of non-ortho nitro benzene ring substituents is 1. The van der Waals surface area contributed by atoms with Crippen molar-refractivity contribution in [3.63, 3.8) is 0 Å². The fourth-order valence-corrected chi connectivity index (χ4v) is 3.24. The summed E-state index contributed by atoms with van der Waals surface area (Å²) in [6, 6.07) is 3.67. The van der Waals surface area contributed by atoms with Crippen LogP contribution in [0.1, 0.15) is 26.7 Å². The Morgan fingerprint density at radius 2 is 1.86 bits per heavy atom. The zero-order valence-corrected chi connectivity index (χ0v) is 13.0. The van der Waals surface area contributed by atoms with E-state index >= 15 is 0 Å². The second-order valence-corrected chi connectivity index (χ2v) is 7.01. The van der Waals surface area contributed by atoms with Gasteiger partial charge < -0.3 is 5.11 Å². The highest BCUT2D eigenvalue weighted by molar-refractivity contribution is 7.89. The summed E-state index contributed by atoms with van der Waals surface area (Å²) in [7, 11) is -3.93. The summed E-state index contributed by atoms with van der Waals surface area (Å²) in [6.45, 7) is 3.71. The number of nitrogens with zero attached hydrogens (tertiary/aromatic N) is 1. The van der Waals surface area contributed by atoms with E-state index in [1.165, 1.54) is 0 Å². The Morgan fingerprint density at radius 1 is 1.32 bits per heavy atom. The van der Waals surface area contributed by atoms with Crippen LogP contribution in [0.5, 0.6) is 0 Å². The maximum atomic E-state index is 12.2. The highest BCUT2D eigenvalue weighted by Gasteiger charge is 2.23. The number of carboxylic acids is 1. The summed E-state index contributed by atoms with van der Waals surface area (Å²) in [4.78, 5) is 20.6. The predicted molar refractivity (Wildman–Crippen MR) is 78.9 cm³/mol. The number of nitrogens with one attached hydrogen (secondary N) is 1. The lowest BCUT2D eigenvalue weighted by Crippen LogP contribution is -2.37. The SMILES string of the molecule is CC(C)CC(CC(=O)O)NS(=O)(=O)c1ccc([N+](=O)[O-])cc1. The lowest BCUT2D eigenvalue weighted by molar-refractivity contribution is -0.384. The van der Waals surface area contributed by atoms with Crippen molar-refractivity contribution in [3.05, 3.63) is 34.4 Å². The molecule has 22 heavy (non-hydrogen) atoms. The Hall–Kier alpha value is -2.00. The molecule has 0 fully saturated rings. The van der Waals surface area contributed by atoms with Crippen molar-refractivity contribution in [3.8, 4) is 0 Å². The van der Waals surface area contributed by atoms with Crippen molar-refractivity contribution in [1.29, 1.82) is 0 Å². The van der Waals surface area contributed by atoms with Gasteiger partial charge >= 0.3 is 5.97 Å². The number of aliphatic carboxylic acids is 1. The molecule has 122 valence electrons. The van der Waals surface area contributed by atoms with Gasteiger partial charge in [-0.15, -0.1) is 0 Å². The molecule has 1 unspecified atom stereocenters. The Labute approximate surface area is 128 Å². The lowest BCUT2D eigenvalue weighted by atomic mass is 10.0. The van der Waals surface area contributed by atoms with E-state index in [0.29, 0.717) is 6.42 Å². The van der Waals surface area contributed by atoms with Gasteiger partial charge in [0.25, 0.3) is 5.69 Å². The van der Waals surface area contributed by atoms with E-state index in [4.69, 9.17) is 5.11 Å². The van der Waals surface area contributed by atoms with Gasteiger partial charge in [-0.2, -0.15) is 0 Å². The molecular formula is C13H18N2O6S. The molecule has 1 atom stereocenters. The van der Waals surface area contributed by atoms with Crippen LogP contribution in [0, 0.1) is 16.0 Å². The smallest absolute Gasteiger partial charge is 0.304 e. The van der Waals surface area contributed by atoms with E-state index in [2.05, 4.69) is 4.72 Å². The maximum Gasteiger partial charge on any atom is 0.304 e. The Bertz CT molecular complexity index is 639. The lowest BCUT2D eigenvalue weighted by Gasteiger charge is -2.18. The van der Waals surface area contributed by atoms with Crippen LogP contribution in [0.3, 0.4) is 0 Å². The zero-order valence-electron chi connectivity index (χ0n) is 12.2. The average Bonchev–Trinajstić information content (AvgIpc) is 2.36. The summed E-state index contributed by atoms with van der Waals surface area (Å²) in [5.74, 6) is -0.985. The second kappa shape index (κ2) is 7.32. The quantitative estimate of drug-likeness (QED) is 0.552. The molecule has 0 radical (unpaired) electrons. The van der Waals surface area contributed by atoms with Gasteiger partial charge in [-0.25, -0.2) is 13.1 Å². The number of carboxylic acid groups (broad SMARTS) is 1. The van der Waals surface area contributed by atoms with Crippen molar-refractivity contribution in [2.75, 3.05) is 0 Å². The first-order valence-corrected chi connectivity index (χ1v) is 8.08. The first-order valence-electron chi connectivity index (χ1n) is 6.60. The Balaban J connectivity index is 2.95. The fraction of sp³-hybridized carbons (Fsp3) is 0.462. The van der Waals surface area contributed by atoms with E-state index in [-0.39, 0.29) is 22.9 Å². The monoisotopic (exact) mass is 330 g/mol. The molecular weight excluding hydrogens is 312 g/mol. The number of hydrogen-bond acceptors (Lipinski definition) is 5. The summed E-state index contributed by atoms with van der Waals surface area (Å²) >= 11 is 0. The standard InChI is InChI=1S/C13H18N2O6S/c1-9(2)7-10(8-13(16)17)14-22(20,21)12-5-3-11(4-6-12)15(18)19/h3-6,9-10,14H,7-8H2,1-2H3,(H,16,17). The molecule has 0 bridgehead atoms. The first kappa shape index (κ1) is 18.1. The summed E-state index contributed by atoms with van der Waals surface area (Å²) in [5, 5.41) is 19.4. The third kappa shape index (κ3) is 5.41. The van der Waals surface area contributed by atoms with E-state index < -0.39 is 27.0 Å². The molecule has 8 nitrogen and oxygen atoms in total. The van der Waals surface area contributed by atoms with Crippen LogP contribution in [0.2, 0.25) is 0 Å². The minimum Gasteiger partial charge on any atom is -0.481 e. The van der Waals surface area contributed by atoms with E-state index in [0.717, 1.165) is 24.3 Å². The number of nitro benzene ring substituents is 1. The van der Waals surface area contributed by atoms with E-state index in [9.17, 15) is 23.3 Å². The normalized spacial score (nSPS) is 13.0. The second-order valence-electron chi connectivity index (χ2n) is 5.30. The van der Waals surface area contributed by atoms with Gasteiger partial charge in [0.05, 0.1) is 16.2 Å². The van der Waals surface area contributed by atoms with Crippen LogP contribution < -0.4 is 4.72 Å². The molecule has 1 aromatic rings. The average molecular weight is 330 g/mol. The summed E-state index contributed by atoms with van der Waals surface area (Å²) in [6.07, 6.45) is 0.0445. The summed E-state index contributed by atoms with van der Waals surface area (Å²) in [5.41, 5.74) is -0.219. The predicted octanol–water partition coefficient (Wildman–Crippen LogP) is 1.76. The number of rotatable bonds is 8. The largest absolute Gasteiger partial charge is 0.481 e. The van der Waals surface area contributed by atoms with Crippen LogP contribution in [0.15, 0.2) is 29.2 Å². The molecule has 0 aliphatic carbocycles. The van der Waals surface area contributed by atoms with Crippen molar-refractivity contribution in [2.45, 2.75) is 37.6 Å². The van der Waals surface area contributed by atoms with Crippen molar-refractivity contribution in [1.82, 2.24) is 4.72 Å². The van der Waals surface area contributed by atoms with Crippen molar-refractivity contribution < 1.29 is 23.2 Å². The van der Waals surface area contributed by atoms with Crippen LogP contribution in [-0.2, 0) is 14.8 Å². The molecule has 0 aliphatic rings. The maximum absolute atomic E-state index is 12.2. The topological polar surface area (TPSA) is 127 Å². The van der Waals surface area contributed by atoms with Crippen LogP contribution >= 0.6 is 0 Å². The van der Waals surface area contributed by atoms with Crippen molar-refractivity contribution in [2.24, 2.45) is 5.92 Å². The van der Waals surface area contributed by atoms with Gasteiger partial charge in [-0.1, -0.05) is 13.8 Å². The van der Waals surface area contributed by atoms with Crippen molar-refractivity contribution >= 4 is 21.7 Å². The van der Waals surface area contributed by atoms with Crippen LogP contribution in [0.4, 0.5) is 5.69 Å². The molecule has 2 N–H and O–H groups in total. The van der Waals surface area contributed by atoms with Gasteiger partial charge in [-0.3, -0.25) is 14.9 Å². The zero-order chi connectivity index (χ0) is 16.9. The molecule has 0 saturated heterocycles. The fourth-order valence-electron chi connectivity index (χ4n) is 1.99. The minimum atomic E-state index is -3.93. The van der Waals surface area contributed by atoms with Gasteiger partial charge in [0.15, 0.2) is 0 Å². The molecule has 0 saturated carbocycles. The van der Waals surface area contributed by atoms with Gasteiger partial charge in [0.2, 0.25) is 10.0 Å². The number of hydrogen-bond donors (Lipinski definition) is 2. The molecule has 1 aromatic carbocycles. The molecule has 0 heterocycles. The third-order valence-electron chi connectivity index (χ3n) is 2.86. The van der Waals surface area contributed by atoms with Gasteiger partial charge in [-0.05, 0) is 24.5 Å². The van der Waals surface area contributed by atoms with Gasteiger partial charge in [0, 0.05) is 18.2 Å². The van der Waals surface area contributed by atoms with E-state index in [1.807, 2.05) is 13.8 Å². The van der Waals surface area contributed by atoms with Crippen LogP contribution in [-0.4, -0.2) is 30.5 Å². The number of carbonyl (C=O) groups is 1. The molecule has 9 heteroatoms. The van der Waals surface area contributed by atoms with Crippen LogP contribution in [0.25, 0.3) is 0 Å².